The van der Waals surface area contributed by atoms with Crippen LogP contribution in [0.4, 0.5) is 4.39 Å². The summed E-state index contributed by atoms with van der Waals surface area (Å²) in [7, 11) is 0. The Bertz CT molecular complexity index is 146. The van der Waals surface area contributed by atoms with Gasteiger partial charge in [-0.3, -0.25) is 0 Å². The van der Waals surface area contributed by atoms with E-state index in [1.807, 2.05) is 6.92 Å². The minimum Gasteiger partial charge on any atom is -0.362 e. The molecule has 12 heavy (non-hydrogen) atoms. The highest BCUT2D eigenvalue weighted by Crippen LogP contribution is 2.03. The van der Waals surface area contributed by atoms with Gasteiger partial charge in [0.25, 0.3) is 6.86 Å². The highest BCUT2D eigenvalue weighted by molar-refractivity contribution is 5.89. The Hall–Kier alpha value is -0.0600. The Labute approximate surface area is 83.5 Å². The zero-order chi connectivity index (χ0) is 7.40. The molecule has 1 heterocycles. The molecule has 0 aromatic rings. The fraction of sp³-hybridized carbons (Fsp3) is 0.833. The second-order valence-corrected chi connectivity index (χ2v) is 2.35. The molecule has 1 saturated heterocycles. The maximum atomic E-state index is 11.4. The average molecular weight is 219 g/mol. The van der Waals surface area contributed by atoms with E-state index >= 15 is 0 Å². The topological polar surface area (TPSA) is 33.6 Å². The fourth-order valence-corrected chi connectivity index (χ4v) is 0.938. The summed E-state index contributed by atoms with van der Waals surface area (Å²) < 4.78 is 11.4. The van der Waals surface area contributed by atoms with Crippen molar-refractivity contribution in [2.75, 3.05) is 20.0 Å². The molecule has 0 spiro atoms. The van der Waals surface area contributed by atoms with Gasteiger partial charge in [-0.05, 0) is 0 Å². The zero-order valence-electron chi connectivity index (χ0n) is 6.75. The van der Waals surface area contributed by atoms with Gasteiger partial charge in [0.15, 0.2) is 0 Å². The van der Waals surface area contributed by atoms with E-state index in [2.05, 4.69) is 15.3 Å². The molecule has 74 valence electrons. The number of hydrogen-bond acceptors (Lipinski definition) is 3. The van der Waals surface area contributed by atoms with Crippen LogP contribution < -0.4 is 5.32 Å². The van der Waals surface area contributed by atoms with Crippen LogP contribution in [0, 0.1) is 5.92 Å². The number of nitrogens with one attached hydrogen (secondary N) is 1. The van der Waals surface area contributed by atoms with E-state index in [4.69, 9.17) is 0 Å². The Morgan fingerprint density at radius 1 is 1.67 bits per heavy atom. The molecule has 0 aromatic carbocycles. The Morgan fingerprint density at radius 2 is 2.33 bits per heavy atom. The van der Waals surface area contributed by atoms with Gasteiger partial charge in [-0.1, -0.05) is 12.1 Å². The first-order chi connectivity index (χ1) is 4.84. The van der Waals surface area contributed by atoms with Crippen LogP contribution in [0.1, 0.15) is 6.92 Å². The summed E-state index contributed by atoms with van der Waals surface area (Å²) in [6.45, 7) is 2.83. The lowest BCUT2D eigenvalue weighted by molar-refractivity contribution is 0.0626. The predicted molar refractivity (Wildman–Crippen MR) is 51.0 cm³/mol. The highest BCUT2D eigenvalue weighted by Gasteiger charge is 2.17. The van der Waals surface area contributed by atoms with Crippen LogP contribution in [0.2, 0.25) is 0 Å². The van der Waals surface area contributed by atoms with Gasteiger partial charge in [-0.15, -0.1) is 24.8 Å². The van der Waals surface area contributed by atoms with Gasteiger partial charge in [-0.2, -0.15) is 0 Å². The van der Waals surface area contributed by atoms with Crippen LogP contribution in [0.25, 0.3) is 0 Å². The van der Waals surface area contributed by atoms with Gasteiger partial charge in [0.2, 0.25) is 0 Å². The molecule has 1 aliphatic heterocycles. The van der Waals surface area contributed by atoms with E-state index in [1.165, 1.54) is 0 Å². The van der Waals surface area contributed by atoms with Crippen molar-refractivity contribution in [1.82, 2.24) is 5.32 Å². The Kier molecular flexibility index (Phi) is 9.14. The van der Waals surface area contributed by atoms with Crippen LogP contribution >= 0.6 is 24.8 Å². The molecular weight excluding hydrogens is 206 g/mol. The maximum Gasteiger partial charge on any atom is 0.255 e. The molecule has 1 aliphatic rings. The fourth-order valence-electron chi connectivity index (χ4n) is 0.938. The standard InChI is InChI=1S/C6H11FN2O.2ClH/c1-5-2-8-3-6(5)9-10-4-7;;/h5,8H,2-4H2,1H3;2*1H. The van der Waals surface area contributed by atoms with Crippen molar-refractivity contribution in [2.45, 2.75) is 6.92 Å². The maximum absolute atomic E-state index is 11.4. The van der Waals surface area contributed by atoms with Crippen LogP contribution in [0.15, 0.2) is 5.16 Å². The lowest BCUT2D eigenvalue weighted by Crippen LogP contribution is -2.08. The summed E-state index contributed by atoms with van der Waals surface area (Å²) in [6.07, 6.45) is 0. The molecule has 6 heteroatoms. The number of rotatable bonds is 2. The van der Waals surface area contributed by atoms with E-state index in [9.17, 15) is 4.39 Å². The zero-order valence-corrected chi connectivity index (χ0v) is 8.38. The summed E-state index contributed by atoms with van der Waals surface area (Å²) in [5.41, 5.74) is 0.901. The SMILES string of the molecule is CC1CNCC1=NOCF.Cl.Cl. The van der Waals surface area contributed by atoms with Crippen molar-refractivity contribution in [3.63, 3.8) is 0 Å². The van der Waals surface area contributed by atoms with Crippen molar-refractivity contribution < 1.29 is 9.23 Å². The molecule has 0 amide bonds. The van der Waals surface area contributed by atoms with Gasteiger partial charge >= 0.3 is 0 Å². The number of oxime groups is 1. The quantitative estimate of drug-likeness (QED) is 0.711. The average Bonchev–Trinajstić information content (AvgIpc) is 2.31. The van der Waals surface area contributed by atoms with Crippen LogP contribution in [-0.4, -0.2) is 25.7 Å². The lowest BCUT2D eigenvalue weighted by atomic mass is 10.1. The first kappa shape index (κ1) is 14.5. The van der Waals surface area contributed by atoms with Gasteiger partial charge < -0.3 is 10.2 Å². The van der Waals surface area contributed by atoms with Crippen molar-refractivity contribution in [1.29, 1.82) is 0 Å². The largest absolute Gasteiger partial charge is 0.362 e. The van der Waals surface area contributed by atoms with Crippen molar-refractivity contribution in [3.8, 4) is 0 Å². The summed E-state index contributed by atoms with van der Waals surface area (Å²) in [5.74, 6) is 0.381. The summed E-state index contributed by atoms with van der Waals surface area (Å²) >= 11 is 0. The van der Waals surface area contributed by atoms with Crippen molar-refractivity contribution in [3.05, 3.63) is 0 Å². The molecular formula is C6H13Cl2FN2O. The number of nitrogens with zero attached hydrogens (tertiary/aromatic N) is 1. The molecule has 0 aromatic heterocycles. The molecule has 0 bridgehead atoms. The minimum atomic E-state index is -0.837. The third-order valence-corrected chi connectivity index (χ3v) is 1.56. The first-order valence-electron chi connectivity index (χ1n) is 3.30. The molecule has 1 N–H and O–H groups in total. The van der Waals surface area contributed by atoms with E-state index in [1.54, 1.807) is 0 Å². The monoisotopic (exact) mass is 218 g/mol. The Balaban J connectivity index is 0. The van der Waals surface area contributed by atoms with Crippen LogP contribution in [0.5, 0.6) is 0 Å². The van der Waals surface area contributed by atoms with Gasteiger partial charge in [0.05, 0.1) is 5.71 Å². The molecule has 1 rings (SSSR count). The van der Waals surface area contributed by atoms with E-state index in [0.717, 1.165) is 18.8 Å². The van der Waals surface area contributed by atoms with Gasteiger partial charge in [0.1, 0.15) is 0 Å². The Morgan fingerprint density at radius 3 is 2.75 bits per heavy atom. The molecule has 0 saturated carbocycles. The number of alkyl halides is 1. The molecule has 0 radical (unpaired) electrons. The van der Waals surface area contributed by atoms with Crippen molar-refractivity contribution >= 4 is 30.5 Å². The summed E-state index contributed by atoms with van der Waals surface area (Å²) in [6, 6.07) is 0. The third-order valence-electron chi connectivity index (χ3n) is 1.56. The normalized spacial score (nSPS) is 24.5. The predicted octanol–water partition coefficient (Wildman–Crippen LogP) is 1.37. The van der Waals surface area contributed by atoms with E-state index in [-0.39, 0.29) is 24.8 Å². The molecule has 1 atom stereocenters. The van der Waals surface area contributed by atoms with Crippen LogP contribution in [0.3, 0.4) is 0 Å². The van der Waals surface area contributed by atoms with Gasteiger partial charge in [-0.25, -0.2) is 4.39 Å². The first-order valence-corrected chi connectivity index (χ1v) is 3.30. The van der Waals surface area contributed by atoms with E-state index in [0.29, 0.717) is 5.92 Å². The number of halogens is 3. The number of hydrogen-bond donors (Lipinski definition) is 1. The highest BCUT2D eigenvalue weighted by atomic mass is 35.5. The third kappa shape index (κ3) is 4.09. The van der Waals surface area contributed by atoms with Crippen molar-refractivity contribution in [2.24, 2.45) is 11.1 Å². The summed E-state index contributed by atoms with van der Waals surface area (Å²) in [5, 5.41) is 6.70. The molecule has 3 nitrogen and oxygen atoms in total. The molecule has 0 aliphatic carbocycles. The second-order valence-electron chi connectivity index (χ2n) is 2.35. The lowest BCUT2D eigenvalue weighted by Gasteiger charge is -1.98. The minimum absolute atomic E-state index is 0. The molecule has 1 unspecified atom stereocenters. The van der Waals surface area contributed by atoms with Crippen LogP contribution in [-0.2, 0) is 4.84 Å². The smallest absolute Gasteiger partial charge is 0.255 e. The second kappa shape index (κ2) is 7.58. The molecule has 1 fully saturated rings. The summed E-state index contributed by atoms with van der Waals surface area (Å²) in [4.78, 5) is 4.27. The van der Waals surface area contributed by atoms with E-state index < -0.39 is 6.86 Å². The van der Waals surface area contributed by atoms with Gasteiger partial charge in [0, 0.05) is 19.0 Å².